The molecule has 2 aliphatic rings. The molecule has 5 rings (SSSR count). The van der Waals surface area contributed by atoms with Gasteiger partial charge in [0.1, 0.15) is 23.9 Å². The van der Waals surface area contributed by atoms with Gasteiger partial charge in [-0.25, -0.2) is 12.7 Å². The van der Waals surface area contributed by atoms with Crippen LogP contribution in [0.15, 0.2) is 56.9 Å². The Morgan fingerprint density at radius 1 is 1.11 bits per heavy atom. The first-order chi connectivity index (χ1) is 22.4. The Kier molecular flexibility index (Phi) is 9.27. The second-order valence-corrected chi connectivity index (χ2v) is 13.4. The summed E-state index contributed by atoms with van der Waals surface area (Å²) >= 11 is 0. The lowest BCUT2D eigenvalue weighted by molar-refractivity contribution is -0.131. The highest BCUT2D eigenvalue weighted by molar-refractivity contribution is 7.93. The van der Waals surface area contributed by atoms with Crippen molar-refractivity contribution in [3.8, 4) is 11.1 Å². The Bertz CT molecular complexity index is 1750. The van der Waals surface area contributed by atoms with Crippen molar-refractivity contribution in [2.45, 2.75) is 96.2 Å². The molecule has 3 aromatic rings. The molecule has 1 amide bonds. The SMILES string of the molecule is [2H]C([2H])(c1ccc(-c2ccccc2S(=O)(=O)N(COC)c2noc(C)c2C)c(COCC)c1)N1C(=O)C2(CCCC2)N=C1CCCC. The Labute approximate surface area is 269 Å². The monoisotopic (exact) mass is 638 g/mol. The first kappa shape index (κ1) is 30.1. The van der Waals surface area contributed by atoms with Crippen LogP contribution in [0.5, 0.6) is 0 Å². The lowest BCUT2D eigenvalue weighted by Crippen LogP contribution is -2.40. The topological polar surface area (TPSA) is 115 Å². The number of sulfonamides is 1. The number of anilines is 1. The van der Waals surface area contributed by atoms with Gasteiger partial charge in [-0.05, 0) is 62.8 Å². The Hall–Kier alpha value is -3.54. The molecule has 1 spiro atoms. The van der Waals surface area contributed by atoms with E-state index in [1.165, 1.54) is 18.1 Å². The van der Waals surface area contributed by atoms with Crippen molar-refractivity contribution in [3.05, 3.63) is 64.9 Å². The summed E-state index contributed by atoms with van der Waals surface area (Å²) in [6.45, 7) is 5.36. The Balaban J connectivity index is 1.60. The number of aryl methyl sites for hydroxylation is 1. The molecule has 1 fully saturated rings. The number of aliphatic imine (C=N–C) groups is 1. The molecule has 0 unspecified atom stereocenters. The number of unbranched alkanes of at least 4 members (excludes halogenated alkanes) is 1. The number of ether oxygens (including phenoxy) is 2. The van der Waals surface area contributed by atoms with Crippen LogP contribution in [-0.4, -0.2) is 56.2 Å². The molecule has 11 heteroatoms. The van der Waals surface area contributed by atoms with Crippen molar-refractivity contribution >= 4 is 27.6 Å². The summed E-state index contributed by atoms with van der Waals surface area (Å²) in [6, 6.07) is 11.6. The highest BCUT2D eigenvalue weighted by Gasteiger charge is 2.49. The van der Waals surface area contributed by atoms with E-state index in [0.29, 0.717) is 59.7 Å². The molecule has 1 aliphatic heterocycles. The van der Waals surface area contributed by atoms with E-state index in [4.69, 9.17) is 19.0 Å². The van der Waals surface area contributed by atoms with Crippen molar-refractivity contribution in [2.75, 3.05) is 24.8 Å². The smallest absolute Gasteiger partial charge is 0.268 e. The summed E-state index contributed by atoms with van der Waals surface area (Å²) in [4.78, 5) is 20.1. The number of benzene rings is 2. The van der Waals surface area contributed by atoms with Gasteiger partial charge in [0, 0.05) is 31.3 Å². The average Bonchev–Trinajstić information content (AvgIpc) is 3.75. The third-order valence-corrected chi connectivity index (χ3v) is 10.3. The zero-order chi connectivity index (χ0) is 34.0. The van der Waals surface area contributed by atoms with Crippen molar-refractivity contribution < 1.29 is 30.0 Å². The molecule has 242 valence electrons. The van der Waals surface area contributed by atoms with Crippen LogP contribution in [0.25, 0.3) is 11.1 Å². The molecule has 1 aromatic heterocycles. The number of aromatic nitrogens is 1. The minimum Gasteiger partial charge on any atom is -0.377 e. The van der Waals surface area contributed by atoms with E-state index < -0.39 is 22.1 Å². The first-order valence-electron chi connectivity index (χ1n) is 16.6. The minimum atomic E-state index is -4.23. The van der Waals surface area contributed by atoms with Crippen LogP contribution < -0.4 is 4.31 Å². The average molecular weight is 639 g/mol. The van der Waals surface area contributed by atoms with Crippen LogP contribution in [0.1, 0.15) is 84.0 Å². The van der Waals surface area contributed by atoms with Crippen molar-refractivity contribution in [1.82, 2.24) is 10.1 Å². The fraction of sp³-hybridized carbons (Fsp3) is 0.500. The zero-order valence-electron chi connectivity index (χ0n) is 28.8. The second kappa shape index (κ2) is 13.8. The highest BCUT2D eigenvalue weighted by atomic mass is 32.2. The summed E-state index contributed by atoms with van der Waals surface area (Å²) in [5.74, 6) is 0.835. The van der Waals surface area contributed by atoms with Crippen LogP contribution in [0.4, 0.5) is 5.82 Å². The summed E-state index contributed by atoms with van der Waals surface area (Å²) in [6.07, 6.45) is 5.23. The third kappa shape index (κ3) is 6.43. The first-order valence-corrected chi connectivity index (χ1v) is 17.1. The number of amidine groups is 1. The van der Waals surface area contributed by atoms with Gasteiger partial charge in [0.25, 0.3) is 15.9 Å². The molecule has 10 nitrogen and oxygen atoms in total. The number of hydrogen-bond donors (Lipinski definition) is 0. The van der Waals surface area contributed by atoms with Crippen molar-refractivity contribution in [2.24, 2.45) is 4.99 Å². The van der Waals surface area contributed by atoms with Crippen molar-refractivity contribution in [3.63, 3.8) is 0 Å². The number of rotatable bonds is 14. The summed E-state index contributed by atoms with van der Waals surface area (Å²) in [5, 5.41) is 4.01. The normalized spacial score (nSPS) is 17.1. The number of carbonyl (C=O) groups is 1. The van der Waals surface area contributed by atoms with Gasteiger partial charge in [-0.15, -0.1) is 0 Å². The number of hydrogen-bond acceptors (Lipinski definition) is 8. The van der Waals surface area contributed by atoms with Crippen LogP contribution in [0.2, 0.25) is 0 Å². The molecular formula is C34H44N4O6S. The zero-order valence-corrected chi connectivity index (χ0v) is 27.6. The minimum absolute atomic E-state index is 0.0116. The van der Waals surface area contributed by atoms with Crippen LogP contribution >= 0.6 is 0 Å². The molecule has 1 aliphatic carbocycles. The number of carbonyl (C=O) groups excluding carboxylic acids is 1. The highest BCUT2D eigenvalue weighted by Crippen LogP contribution is 2.41. The van der Waals surface area contributed by atoms with Gasteiger partial charge in [-0.1, -0.05) is 67.7 Å². The number of amides is 1. The second-order valence-electron chi connectivity index (χ2n) is 11.6. The lowest BCUT2D eigenvalue weighted by atomic mass is 9.96. The molecule has 0 radical (unpaired) electrons. The summed E-state index contributed by atoms with van der Waals surface area (Å²) in [5.41, 5.74) is 1.50. The van der Waals surface area contributed by atoms with Crippen molar-refractivity contribution in [1.29, 1.82) is 0 Å². The molecule has 45 heavy (non-hydrogen) atoms. The maximum Gasteiger partial charge on any atom is 0.268 e. The summed E-state index contributed by atoms with van der Waals surface area (Å²) < 4.78 is 64.7. The van der Waals surface area contributed by atoms with E-state index in [1.807, 2.05) is 6.92 Å². The predicted molar refractivity (Wildman–Crippen MR) is 173 cm³/mol. The molecule has 0 bridgehead atoms. The van der Waals surface area contributed by atoms with E-state index in [1.54, 1.807) is 50.2 Å². The van der Waals surface area contributed by atoms with Crippen LogP contribution in [0, 0.1) is 13.8 Å². The van der Waals surface area contributed by atoms with Crippen LogP contribution in [0.3, 0.4) is 0 Å². The number of nitrogens with zero attached hydrogens (tertiary/aromatic N) is 4. The molecule has 2 aromatic carbocycles. The predicted octanol–water partition coefficient (Wildman–Crippen LogP) is 6.54. The number of methoxy groups -OCH3 is 1. The Morgan fingerprint density at radius 2 is 1.87 bits per heavy atom. The van der Waals surface area contributed by atoms with E-state index >= 15 is 0 Å². The third-order valence-electron chi connectivity index (χ3n) is 8.56. The quantitative estimate of drug-likeness (QED) is 0.184. The fourth-order valence-corrected chi connectivity index (χ4v) is 7.58. The van der Waals surface area contributed by atoms with Gasteiger partial charge in [0.2, 0.25) is 0 Å². The maximum absolute atomic E-state index is 14.3. The standard InChI is InChI=1S/C34H44N4O6S/c1-6-8-15-31-35-34(18-11-12-19-34)33(39)37(31)21-26-16-17-28(27(20-26)22-43-7-2)29-13-9-10-14-30(29)45(40,41)38(23-42-5)32-24(3)25(4)44-36-32/h9-10,13-14,16-17,20H,6-8,11-12,15,18-19,21-23H2,1-5H3/i21D2. The van der Waals surface area contributed by atoms with E-state index in [-0.39, 0.29) is 35.5 Å². The maximum atomic E-state index is 14.3. The molecule has 2 heterocycles. The Morgan fingerprint density at radius 3 is 2.53 bits per heavy atom. The van der Waals surface area contributed by atoms with Gasteiger partial charge < -0.3 is 14.0 Å². The van der Waals surface area contributed by atoms with Gasteiger partial charge in [-0.3, -0.25) is 14.7 Å². The molecule has 0 N–H and O–H groups in total. The van der Waals surface area contributed by atoms with E-state index in [0.717, 1.165) is 30.0 Å². The van der Waals surface area contributed by atoms with Crippen LogP contribution in [-0.2, 0) is 37.4 Å². The fourth-order valence-electron chi connectivity index (χ4n) is 5.99. The molecular weight excluding hydrogens is 592 g/mol. The van der Waals surface area contributed by atoms with E-state index in [9.17, 15) is 16.0 Å². The molecule has 0 saturated heterocycles. The van der Waals surface area contributed by atoms with Gasteiger partial charge >= 0.3 is 0 Å². The van der Waals surface area contributed by atoms with Gasteiger partial charge in [-0.2, -0.15) is 0 Å². The summed E-state index contributed by atoms with van der Waals surface area (Å²) in [7, 11) is -2.82. The molecule has 0 atom stereocenters. The molecule has 1 saturated carbocycles. The largest absolute Gasteiger partial charge is 0.377 e. The van der Waals surface area contributed by atoms with Gasteiger partial charge in [0.05, 0.1) is 20.7 Å². The van der Waals surface area contributed by atoms with E-state index in [2.05, 4.69) is 12.1 Å². The lowest BCUT2D eigenvalue weighted by Gasteiger charge is -2.24. The van der Waals surface area contributed by atoms with Gasteiger partial charge in [0.15, 0.2) is 5.82 Å².